The molecule has 0 aromatic carbocycles. The zero-order chi connectivity index (χ0) is 5.98. The summed E-state index contributed by atoms with van der Waals surface area (Å²) in [5.74, 6) is 0. The lowest BCUT2D eigenvalue weighted by atomic mass is 10.3. The minimum atomic E-state index is 0. The fourth-order valence-electron chi connectivity index (χ4n) is 0.827. The van der Waals surface area contributed by atoms with Crippen LogP contribution in [0.1, 0.15) is 0 Å². The van der Waals surface area contributed by atoms with Crippen LogP contribution in [0.15, 0.2) is 0 Å². The average Bonchev–Trinajstić information content (AvgIpc) is 1.77. The lowest BCUT2D eigenvalue weighted by Gasteiger charge is -2.29. The second-order valence-corrected chi connectivity index (χ2v) is 2.25. The predicted octanol–water partition coefficient (Wildman–Crippen LogP) is -0.772. The molecule has 0 spiro atoms. The van der Waals surface area contributed by atoms with Crippen molar-refractivity contribution in [2.45, 2.75) is 6.17 Å². The summed E-state index contributed by atoms with van der Waals surface area (Å²) in [6.07, 6.45) is 0.226. The first-order valence-corrected chi connectivity index (χ1v) is 2.97. The molecule has 1 unspecified atom stereocenters. The van der Waals surface area contributed by atoms with Gasteiger partial charge in [0.15, 0.2) is 0 Å². The summed E-state index contributed by atoms with van der Waals surface area (Å²) >= 11 is 0. The SMILES string of the molecule is CN1CCNCC1N.Cl. The number of likely N-dealkylation sites (N-methyl/N-ethyl adjacent to an activating group) is 1. The first-order chi connectivity index (χ1) is 3.80. The molecule has 0 aromatic heterocycles. The van der Waals surface area contributed by atoms with Gasteiger partial charge in [0.2, 0.25) is 0 Å². The van der Waals surface area contributed by atoms with Gasteiger partial charge in [-0.3, -0.25) is 4.90 Å². The van der Waals surface area contributed by atoms with E-state index in [1.807, 2.05) is 7.05 Å². The van der Waals surface area contributed by atoms with Gasteiger partial charge in [-0.15, -0.1) is 12.4 Å². The van der Waals surface area contributed by atoms with Crippen LogP contribution in [0, 0.1) is 0 Å². The molecule has 3 nitrogen and oxygen atoms in total. The van der Waals surface area contributed by atoms with Crippen LogP contribution in [0.2, 0.25) is 0 Å². The molecule has 0 amide bonds. The highest BCUT2D eigenvalue weighted by Gasteiger charge is 2.12. The Bertz CT molecular complexity index is 68.6. The van der Waals surface area contributed by atoms with Crippen LogP contribution in [0.3, 0.4) is 0 Å². The third-order valence-corrected chi connectivity index (χ3v) is 1.56. The third-order valence-electron chi connectivity index (χ3n) is 1.56. The Morgan fingerprint density at radius 2 is 2.33 bits per heavy atom. The van der Waals surface area contributed by atoms with E-state index in [1.165, 1.54) is 0 Å². The van der Waals surface area contributed by atoms with Crippen molar-refractivity contribution < 1.29 is 0 Å². The predicted molar refractivity (Wildman–Crippen MR) is 40.7 cm³/mol. The number of hydrogen-bond acceptors (Lipinski definition) is 3. The molecule has 0 saturated carbocycles. The number of piperazine rings is 1. The Morgan fingerprint density at radius 3 is 2.67 bits per heavy atom. The monoisotopic (exact) mass is 151 g/mol. The van der Waals surface area contributed by atoms with Crippen molar-refractivity contribution in [3.63, 3.8) is 0 Å². The van der Waals surface area contributed by atoms with E-state index in [4.69, 9.17) is 5.73 Å². The standard InChI is InChI=1S/C5H13N3.ClH/c1-8-3-2-7-4-5(8)6;/h5,7H,2-4,6H2,1H3;1H. The Hall–Kier alpha value is 0.170. The fraction of sp³-hybridized carbons (Fsp3) is 1.00. The summed E-state index contributed by atoms with van der Waals surface area (Å²) in [5.41, 5.74) is 5.64. The van der Waals surface area contributed by atoms with Gasteiger partial charge >= 0.3 is 0 Å². The highest BCUT2D eigenvalue weighted by molar-refractivity contribution is 5.85. The second-order valence-electron chi connectivity index (χ2n) is 2.25. The third kappa shape index (κ3) is 2.49. The lowest BCUT2D eigenvalue weighted by Crippen LogP contribution is -2.53. The first kappa shape index (κ1) is 9.17. The fourth-order valence-corrected chi connectivity index (χ4v) is 0.827. The molecule has 1 rings (SSSR count). The van der Waals surface area contributed by atoms with Crippen LogP contribution in [0.25, 0.3) is 0 Å². The van der Waals surface area contributed by atoms with Crippen molar-refractivity contribution in [1.82, 2.24) is 10.2 Å². The van der Waals surface area contributed by atoms with Crippen LogP contribution in [0.5, 0.6) is 0 Å². The molecule has 9 heavy (non-hydrogen) atoms. The van der Waals surface area contributed by atoms with Gasteiger partial charge in [0, 0.05) is 19.6 Å². The van der Waals surface area contributed by atoms with Crippen molar-refractivity contribution in [2.75, 3.05) is 26.7 Å². The molecule has 3 N–H and O–H groups in total. The molecule has 1 heterocycles. The number of rotatable bonds is 0. The van der Waals surface area contributed by atoms with Crippen molar-refractivity contribution in [3.05, 3.63) is 0 Å². The highest BCUT2D eigenvalue weighted by Crippen LogP contribution is 1.90. The zero-order valence-corrected chi connectivity index (χ0v) is 6.45. The molecule has 0 aliphatic carbocycles. The maximum absolute atomic E-state index is 5.64. The molecule has 1 atom stereocenters. The summed E-state index contributed by atoms with van der Waals surface area (Å²) in [7, 11) is 2.05. The minimum Gasteiger partial charge on any atom is -0.315 e. The van der Waals surface area contributed by atoms with Crippen molar-refractivity contribution >= 4 is 12.4 Å². The average molecular weight is 152 g/mol. The van der Waals surface area contributed by atoms with Gasteiger partial charge in [0.1, 0.15) is 0 Å². The molecule has 0 bridgehead atoms. The van der Waals surface area contributed by atoms with Crippen LogP contribution in [-0.2, 0) is 0 Å². The quantitative estimate of drug-likeness (QED) is 0.478. The first-order valence-electron chi connectivity index (χ1n) is 2.97. The smallest absolute Gasteiger partial charge is 0.0698 e. The molecule has 1 saturated heterocycles. The number of nitrogens with one attached hydrogen (secondary N) is 1. The van der Waals surface area contributed by atoms with E-state index in [9.17, 15) is 0 Å². The molecule has 1 aliphatic rings. The van der Waals surface area contributed by atoms with Gasteiger partial charge in [-0.2, -0.15) is 0 Å². The van der Waals surface area contributed by atoms with E-state index < -0.39 is 0 Å². The Kier molecular flexibility index (Phi) is 4.14. The zero-order valence-electron chi connectivity index (χ0n) is 5.63. The Morgan fingerprint density at radius 1 is 1.67 bits per heavy atom. The summed E-state index contributed by atoms with van der Waals surface area (Å²) < 4.78 is 0. The Labute approximate surface area is 62.0 Å². The molecule has 1 fully saturated rings. The molecule has 0 aromatic rings. The number of halogens is 1. The van der Waals surface area contributed by atoms with E-state index in [0.717, 1.165) is 19.6 Å². The van der Waals surface area contributed by atoms with E-state index in [2.05, 4.69) is 10.2 Å². The van der Waals surface area contributed by atoms with Gasteiger partial charge in [0.25, 0.3) is 0 Å². The molecule has 4 heteroatoms. The number of nitrogens with zero attached hydrogens (tertiary/aromatic N) is 1. The van der Waals surface area contributed by atoms with Crippen LogP contribution >= 0.6 is 12.4 Å². The van der Waals surface area contributed by atoms with Crippen molar-refractivity contribution in [2.24, 2.45) is 5.73 Å². The van der Waals surface area contributed by atoms with Gasteiger partial charge in [-0.05, 0) is 7.05 Å². The summed E-state index contributed by atoms with van der Waals surface area (Å²) in [4.78, 5) is 2.15. The van der Waals surface area contributed by atoms with Crippen LogP contribution in [-0.4, -0.2) is 37.7 Å². The minimum absolute atomic E-state index is 0. The number of hydrogen-bond donors (Lipinski definition) is 2. The molecule has 56 valence electrons. The van der Waals surface area contributed by atoms with Crippen molar-refractivity contribution in [3.8, 4) is 0 Å². The van der Waals surface area contributed by atoms with Crippen LogP contribution in [0.4, 0.5) is 0 Å². The number of nitrogens with two attached hydrogens (primary N) is 1. The maximum atomic E-state index is 5.64. The van der Waals surface area contributed by atoms with Gasteiger partial charge in [-0.25, -0.2) is 0 Å². The van der Waals surface area contributed by atoms with Crippen molar-refractivity contribution in [1.29, 1.82) is 0 Å². The van der Waals surface area contributed by atoms with E-state index in [1.54, 1.807) is 0 Å². The molecular formula is C5H14ClN3. The summed E-state index contributed by atoms with van der Waals surface area (Å²) in [5, 5.41) is 3.20. The second kappa shape index (κ2) is 4.06. The van der Waals surface area contributed by atoms with Gasteiger partial charge in [0.05, 0.1) is 6.17 Å². The summed E-state index contributed by atoms with van der Waals surface area (Å²) in [6, 6.07) is 0. The largest absolute Gasteiger partial charge is 0.315 e. The highest BCUT2D eigenvalue weighted by atomic mass is 35.5. The molecule has 1 aliphatic heterocycles. The summed E-state index contributed by atoms with van der Waals surface area (Å²) in [6.45, 7) is 3.07. The normalized spacial score (nSPS) is 29.3. The van der Waals surface area contributed by atoms with E-state index in [-0.39, 0.29) is 18.6 Å². The van der Waals surface area contributed by atoms with Gasteiger partial charge in [-0.1, -0.05) is 0 Å². The molecular weight excluding hydrogens is 138 g/mol. The topological polar surface area (TPSA) is 41.3 Å². The Balaban J connectivity index is 0.000000640. The van der Waals surface area contributed by atoms with E-state index in [0.29, 0.717) is 0 Å². The van der Waals surface area contributed by atoms with Crippen LogP contribution < -0.4 is 11.1 Å². The van der Waals surface area contributed by atoms with Gasteiger partial charge < -0.3 is 11.1 Å². The molecule has 0 radical (unpaired) electrons. The maximum Gasteiger partial charge on any atom is 0.0698 e. The van der Waals surface area contributed by atoms with E-state index >= 15 is 0 Å². The lowest BCUT2D eigenvalue weighted by molar-refractivity contribution is 0.205.